The second-order valence-electron chi connectivity index (χ2n) is 10.4. The fourth-order valence-corrected chi connectivity index (χ4v) is 4.76. The molecule has 0 bridgehead atoms. The fourth-order valence-electron chi connectivity index (χ4n) is 4.76. The molecule has 0 radical (unpaired) electrons. The van der Waals surface area contributed by atoms with E-state index in [9.17, 15) is 4.79 Å². The van der Waals surface area contributed by atoms with E-state index in [0.717, 1.165) is 53.6 Å². The predicted molar refractivity (Wildman–Crippen MR) is 145 cm³/mol. The molecule has 1 saturated heterocycles. The van der Waals surface area contributed by atoms with Crippen LogP contribution in [-0.2, 0) is 14.3 Å². The summed E-state index contributed by atoms with van der Waals surface area (Å²) in [7, 11) is 3.53. The summed E-state index contributed by atoms with van der Waals surface area (Å²) in [5.41, 5.74) is 2.15. The molecule has 1 aliphatic carbocycles. The van der Waals surface area contributed by atoms with Crippen molar-refractivity contribution in [2.75, 3.05) is 49.4 Å². The molecule has 0 spiro atoms. The molecule has 1 aliphatic heterocycles. The van der Waals surface area contributed by atoms with E-state index in [4.69, 9.17) is 19.6 Å². The number of nitrogens with zero attached hydrogens (tertiary/aromatic N) is 6. The lowest BCUT2D eigenvalue weighted by atomic mass is 9.99. The first-order chi connectivity index (χ1) is 18.4. The molecule has 4 aromatic heterocycles. The molecular formula is C27H32N8O3. The smallest absolute Gasteiger partial charge is 0.228 e. The van der Waals surface area contributed by atoms with Crippen molar-refractivity contribution in [3.8, 4) is 11.4 Å². The summed E-state index contributed by atoms with van der Waals surface area (Å²) in [5, 5.41) is 12.6. The van der Waals surface area contributed by atoms with Crippen molar-refractivity contribution < 1.29 is 14.3 Å². The maximum Gasteiger partial charge on any atom is 0.228 e. The second-order valence-corrected chi connectivity index (χ2v) is 10.4. The lowest BCUT2D eigenvalue weighted by Gasteiger charge is -2.41. The minimum Gasteiger partial charge on any atom is -0.376 e. The molecule has 4 aromatic rings. The molecule has 2 fully saturated rings. The van der Waals surface area contributed by atoms with Gasteiger partial charge in [-0.1, -0.05) is 0 Å². The predicted octanol–water partition coefficient (Wildman–Crippen LogP) is 3.36. The van der Waals surface area contributed by atoms with E-state index in [0.29, 0.717) is 24.1 Å². The quantitative estimate of drug-likeness (QED) is 0.381. The van der Waals surface area contributed by atoms with Crippen LogP contribution < -0.4 is 15.5 Å². The SMILES string of the molecule is CNc1ncc(-c2nc3ccc(N4CCOC(C(C)(C)OC)C4)cn3n2)c2cc(NC(=O)C3CC3)ncc12. The summed E-state index contributed by atoms with van der Waals surface area (Å²) >= 11 is 0. The van der Waals surface area contributed by atoms with Gasteiger partial charge in [-0.2, -0.15) is 0 Å². The van der Waals surface area contributed by atoms with Crippen LogP contribution in [0.3, 0.4) is 0 Å². The Bertz CT molecular complexity index is 1510. The van der Waals surface area contributed by atoms with Crippen molar-refractivity contribution >= 4 is 39.6 Å². The summed E-state index contributed by atoms with van der Waals surface area (Å²) in [6.07, 6.45) is 7.30. The molecule has 2 aliphatic rings. The number of pyridine rings is 3. The van der Waals surface area contributed by atoms with Crippen molar-refractivity contribution in [2.45, 2.75) is 38.4 Å². The number of aromatic nitrogens is 5. The summed E-state index contributed by atoms with van der Waals surface area (Å²) in [5.74, 6) is 1.86. The first-order valence-electron chi connectivity index (χ1n) is 12.9. The molecule has 1 amide bonds. The van der Waals surface area contributed by atoms with Crippen LogP contribution in [0.5, 0.6) is 0 Å². The summed E-state index contributed by atoms with van der Waals surface area (Å²) < 4.78 is 13.5. The Balaban J connectivity index is 1.35. The largest absolute Gasteiger partial charge is 0.376 e. The van der Waals surface area contributed by atoms with Gasteiger partial charge in [-0.3, -0.25) is 4.79 Å². The van der Waals surface area contributed by atoms with Gasteiger partial charge < -0.3 is 25.0 Å². The zero-order valence-corrected chi connectivity index (χ0v) is 22.1. The highest BCUT2D eigenvalue weighted by Crippen LogP contribution is 2.33. The Morgan fingerprint density at radius 2 is 2.03 bits per heavy atom. The van der Waals surface area contributed by atoms with Crippen LogP contribution in [0.1, 0.15) is 26.7 Å². The maximum absolute atomic E-state index is 12.3. The highest BCUT2D eigenvalue weighted by atomic mass is 16.5. The van der Waals surface area contributed by atoms with Crippen molar-refractivity contribution in [1.82, 2.24) is 24.6 Å². The third-order valence-electron chi connectivity index (χ3n) is 7.50. The number of nitrogens with one attached hydrogen (secondary N) is 2. The Morgan fingerprint density at radius 3 is 2.79 bits per heavy atom. The van der Waals surface area contributed by atoms with Crippen LogP contribution >= 0.6 is 0 Å². The molecule has 2 N–H and O–H groups in total. The summed E-state index contributed by atoms with van der Waals surface area (Å²) in [4.78, 5) is 28.4. The third kappa shape index (κ3) is 4.52. The van der Waals surface area contributed by atoms with Crippen LogP contribution in [0, 0.1) is 5.92 Å². The number of anilines is 3. The van der Waals surface area contributed by atoms with Gasteiger partial charge in [0.1, 0.15) is 17.7 Å². The van der Waals surface area contributed by atoms with Crippen LogP contribution in [0.2, 0.25) is 0 Å². The average molecular weight is 517 g/mol. The monoisotopic (exact) mass is 516 g/mol. The van der Waals surface area contributed by atoms with Crippen molar-refractivity contribution in [1.29, 1.82) is 0 Å². The van der Waals surface area contributed by atoms with Crippen molar-refractivity contribution in [3.63, 3.8) is 0 Å². The van der Waals surface area contributed by atoms with Crippen LogP contribution in [0.25, 0.3) is 27.8 Å². The molecule has 6 rings (SSSR count). The van der Waals surface area contributed by atoms with Gasteiger partial charge >= 0.3 is 0 Å². The number of methoxy groups -OCH3 is 1. The maximum atomic E-state index is 12.3. The normalized spacial score (nSPS) is 18.2. The number of hydrogen-bond donors (Lipinski definition) is 2. The highest BCUT2D eigenvalue weighted by Gasteiger charge is 2.34. The van der Waals surface area contributed by atoms with Crippen LogP contribution in [0.15, 0.2) is 36.8 Å². The van der Waals surface area contributed by atoms with E-state index >= 15 is 0 Å². The minimum absolute atomic E-state index is 0.0129. The van der Waals surface area contributed by atoms with Crippen LogP contribution in [-0.4, -0.2) is 76.0 Å². The number of amides is 1. The number of fused-ring (bicyclic) bond motifs is 2. The van der Waals surface area contributed by atoms with E-state index in [1.54, 1.807) is 24.0 Å². The van der Waals surface area contributed by atoms with E-state index in [1.807, 2.05) is 39.2 Å². The molecule has 1 saturated carbocycles. The topological polar surface area (TPSA) is 119 Å². The summed E-state index contributed by atoms with van der Waals surface area (Å²) in [6, 6.07) is 5.90. The molecule has 1 unspecified atom stereocenters. The zero-order valence-electron chi connectivity index (χ0n) is 22.1. The van der Waals surface area contributed by atoms with Gasteiger partial charge in [-0.25, -0.2) is 19.5 Å². The van der Waals surface area contributed by atoms with Crippen molar-refractivity contribution in [2.24, 2.45) is 5.92 Å². The Hall–Kier alpha value is -3.83. The molecule has 5 heterocycles. The zero-order chi connectivity index (χ0) is 26.4. The lowest BCUT2D eigenvalue weighted by Crippen LogP contribution is -2.52. The molecule has 0 aromatic carbocycles. The van der Waals surface area contributed by atoms with Gasteiger partial charge in [0.25, 0.3) is 0 Å². The van der Waals surface area contributed by atoms with Gasteiger partial charge in [-0.05, 0) is 44.9 Å². The fraction of sp³-hybridized carbons (Fsp3) is 0.444. The number of morpholine rings is 1. The number of carbonyl (C=O) groups excluding carboxylic acids is 1. The molecule has 38 heavy (non-hydrogen) atoms. The molecule has 11 heteroatoms. The van der Waals surface area contributed by atoms with Gasteiger partial charge in [0.05, 0.1) is 24.1 Å². The van der Waals surface area contributed by atoms with Crippen LogP contribution in [0.4, 0.5) is 17.3 Å². The molecule has 1 atom stereocenters. The minimum atomic E-state index is -0.386. The standard InChI is InChI=1S/C27H32N8O3/c1-27(2,37-4)21-15-34(9-10-38-21)17-7-8-23-32-25(33-35(23)14-17)20-13-30-24(28-3)19-12-29-22(11-18(19)20)31-26(36)16-5-6-16/h7-8,11-14,16,21H,5-6,9-10,15H2,1-4H3,(H,28,30)(H,29,31,36). The van der Waals surface area contributed by atoms with Gasteiger partial charge in [0, 0.05) is 61.9 Å². The first kappa shape index (κ1) is 24.5. The average Bonchev–Trinajstić information content (AvgIpc) is 3.71. The van der Waals surface area contributed by atoms with E-state index in [-0.39, 0.29) is 23.5 Å². The third-order valence-corrected chi connectivity index (χ3v) is 7.50. The highest BCUT2D eigenvalue weighted by molar-refractivity contribution is 6.03. The van der Waals surface area contributed by atoms with Gasteiger partial charge in [0.2, 0.25) is 5.91 Å². The van der Waals surface area contributed by atoms with E-state index < -0.39 is 0 Å². The number of hydrogen-bond acceptors (Lipinski definition) is 9. The van der Waals surface area contributed by atoms with Gasteiger partial charge in [-0.15, -0.1) is 5.10 Å². The second kappa shape index (κ2) is 9.48. The summed E-state index contributed by atoms with van der Waals surface area (Å²) in [6.45, 7) is 6.22. The number of carbonyl (C=O) groups is 1. The van der Waals surface area contributed by atoms with E-state index in [2.05, 4.69) is 31.6 Å². The Kier molecular flexibility index (Phi) is 6.11. The van der Waals surface area contributed by atoms with E-state index in [1.165, 1.54) is 0 Å². The molecule has 198 valence electrons. The Labute approximate surface area is 220 Å². The van der Waals surface area contributed by atoms with Gasteiger partial charge in [0.15, 0.2) is 11.5 Å². The number of rotatable bonds is 7. The first-order valence-corrected chi connectivity index (χ1v) is 12.9. The lowest BCUT2D eigenvalue weighted by molar-refractivity contribution is -0.117. The Morgan fingerprint density at radius 1 is 1.18 bits per heavy atom. The number of ether oxygens (including phenoxy) is 2. The van der Waals surface area contributed by atoms with Crippen molar-refractivity contribution in [3.05, 3.63) is 36.8 Å². The molecular weight excluding hydrogens is 484 g/mol. The molecule has 11 nitrogen and oxygen atoms in total.